The molecule has 0 spiro atoms. The molecule has 2 aromatic carbocycles. The summed E-state index contributed by atoms with van der Waals surface area (Å²) >= 11 is 0. The highest BCUT2D eigenvalue weighted by Crippen LogP contribution is 2.13. The van der Waals surface area contributed by atoms with E-state index >= 15 is 0 Å². The quantitative estimate of drug-likeness (QED) is 0.600. The van der Waals surface area contributed by atoms with Crippen molar-refractivity contribution in [2.24, 2.45) is 0 Å². The minimum atomic E-state index is -0.869. The first-order chi connectivity index (χ1) is 12.8. The molecule has 0 aliphatic rings. The maximum atomic E-state index is 12.4. The first-order valence-electron chi connectivity index (χ1n) is 8.94. The zero-order chi connectivity index (χ0) is 20.0. The topological polar surface area (TPSA) is 72.5 Å². The minimum Gasteiger partial charge on any atom is -0.454 e. The SMILES string of the molecule is Cc1ccc(C(=O)C(C)OC(=O)CCNC(=O)c2ccccc2C)cc1C. The van der Waals surface area contributed by atoms with E-state index in [9.17, 15) is 14.4 Å². The second kappa shape index (κ2) is 9.12. The Morgan fingerprint density at radius 3 is 2.33 bits per heavy atom. The van der Waals surface area contributed by atoms with E-state index in [4.69, 9.17) is 4.74 Å². The maximum absolute atomic E-state index is 12.4. The van der Waals surface area contributed by atoms with Gasteiger partial charge in [0.25, 0.3) is 5.91 Å². The van der Waals surface area contributed by atoms with Crippen molar-refractivity contribution in [3.8, 4) is 0 Å². The average molecular weight is 367 g/mol. The van der Waals surface area contributed by atoms with Crippen LogP contribution in [0.3, 0.4) is 0 Å². The zero-order valence-corrected chi connectivity index (χ0v) is 16.2. The van der Waals surface area contributed by atoms with Gasteiger partial charge in [-0.15, -0.1) is 0 Å². The standard InChI is InChI=1S/C22H25NO4/c1-14-9-10-18(13-16(14)3)21(25)17(4)27-20(24)11-12-23-22(26)19-8-6-5-7-15(19)2/h5-10,13,17H,11-12H2,1-4H3,(H,23,26). The number of ether oxygens (including phenoxy) is 1. The van der Waals surface area contributed by atoms with Crippen molar-refractivity contribution >= 4 is 17.7 Å². The smallest absolute Gasteiger partial charge is 0.308 e. The maximum Gasteiger partial charge on any atom is 0.308 e. The molecule has 0 heterocycles. The number of carbonyl (C=O) groups is 3. The molecule has 142 valence electrons. The summed E-state index contributed by atoms with van der Waals surface area (Å²) in [5.74, 6) is -1.000. The summed E-state index contributed by atoms with van der Waals surface area (Å²) in [5.41, 5.74) is 4.07. The number of hydrogen-bond acceptors (Lipinski definition) is 4. The normalized spacial score (nSPS) is 11.6. The summed E-state index contributed by atoms with van der Waals surface area (Å²) in [6.45, 7) is 7.46. The van der Waals surface area contributed by atoms with E-state index in [0.717, 1.165) is 16.7 Å². The predicted molar refractivity (Wildman–Crippen MR) is 104 cm³/mol. The van der Waals surface area contributed by atoms with E-state index in [0.29, 0.717) is 11.1 Å². The number of carbonyl (C=O) groups excluding carboxylic acids is 3. The van der Waals surface area contributed by atoms with Gasteiger partial charge in [0.2, 0.25) is 5.78 Å². The monoisotopic (exact) mass is 367 g/mol. The Bertz CT molecular complexity index is 857. The van der Waals surface area contributed by atoms with Crippen LogP contribution in [0.25, 0.3) is 0 Å². The molecule has 0 aliphatic heterocycles. The lowest BCUT2D eigenvalue weighted by atomic mass is 10.0. The summed E-state index contributed by atoms with van der Waals surface area (Å²) in [5, 5.41) is 2.69. The largest absolute Gasteiger partial charge is 0.454 e. The summed E-state index contributed by atoms with van der Waals surface area (Å²) in [6, 6.07) is 12.6. The first kappa shape index (κ1) is 20.4. The molecule has 1 N–H and O–H groups in total. The molecular formula is C22H25NO4. The second-order valence-electron chi connectivity index (χ2n) is 6.62. The van der Waals surface area contributed by atoms with Crippen LogP contribution in [0.1, 0.15) is 50.8 Å². The third-order valence-electron chi connectivity index (χ3n) is 4.47. The van der Waals surface area contributed by atoms with Crippen LogP contribution >= 0.6 is 0 Å². The van der Waals surface area contributed by atoms with Gasteiger partial charge in [-0.2, -0.15) is 0 Å². The Kier molecular flexibility index (Phi) is 6.88. The lowest BCUT2D eigenvalue weighted by Gasteiger charge is -2.13. The molecule has 2 aromatic rings. The summed E-state index contributed by atoms with van der Waals surface area (Å²) in [6.07, 6.45) is -0.867. The van der Waals surface area contributed by atoms with E-state index in [1.807, 2.05) is 39.0 Å². The van der Waals surface area contributed by atoms with Gasteiger partial charge in [0.05, 0.1) is 6.42 Å². The second-order valence-corrected chi connectivity index (χ2v) is 6.62. The molecule has 0 aromatic heterocycles. The Morgan fingerprint density at radius 2 is 1.67 bits per heavy atom. The van der Waals surface area contributed by atoms with Gasteiger partial charge in [0.15, 0.2) is 6.10 Å². The molecule has 1 unspecified atom stereocenters. The summed E-state index contributed by atoms with van der Waals surface area (Å²) in [4.78, 5) is 36.5. The van der Waals surface area contributed by atoms with Crippen LogP contribution in [-0.2, 0) is 9.53 Å². The number of hydrogen-bond donors (Lipinski definition) is 1. The first-order valence-corrected chi connectivity index (χ1v) is 8.94. The van der Waals surface area contributed by atoms with Crippen LogP contribution in [0.15, 0.2) is 42.5 Å². The number of benzene rings is 2. The fourth-order valence-electron chi connectivity index (χ4n) is 2.64. The summed E-state index contributed by atoms with van der Waals surface area (Å²) < 4.78 is 5.21. The van der Waals surface area contributed by atoms with Gasteiger partial charge in [-0.1, -0.05) is 30.3 Å². The highest BCUT2D eigenvalue weighted by atomic mass is 16.5. The van der Waals surface area contributed by atoms with Crippen molar-refractivity contribution in [2.45, 2.75) is 40.2 Å². The molecule has 5 heteroatoms. The number of Topliss-reactive ketones (excluding diaryl/α,β-unsaturated/α-hetero) is 1. The molecule has 2 rings (SSSR count). The third-order valence-corrected chi connectivity index (χ3v) is 4.47. The van der Waals surface area contributed by atoms with E-state index in [2.05, 4.69) is 5.32 Å². The number of ketones is 1. The minimum absolute atomic E-state index is 0.00215. The zero-order valence-electron chi connectivity index (χ0n) is 16.2. The number of rotatable bonds is 7. The Labute approximate surface area is 159 Å². The molecule has 0 fully saturated rings. The van der Waals surface area contributed by atoms with Crippen molar-refractivity contribution in [1.29, 1.82) is 0 Å². The van der Waals surface area contributed by atoms with Crippen LogP contribution in [0.5, 0.6) is 0 Å². The van der Waals surface area contributed by atoms with Crippen molar-refractivity contribution in [2.75, 3.05) is 6.54 Å². The Hall–Kier alpha value is -2.95. The highest BCUT2D eigenvalue weighted by molar-refractivity contribution is 6.00. The van der Waals surface area contributed by atoms with Gasteiger partial charge in [0.1, 0.15) is 0 Å². The van der Waals surface area contributed by atoms with Crippen molar-refractivity contribution in [3.63, 3.8) is 0 Å². The molecule has 0 bridgehead atoms. The molecule has 1 amide bonds. The van der Waals surface area contributed by atoms with Gasteiger partial charge >= 0.3 is 5.97 Å². The fraction of sp³-hybridized carbons (Fsp3) is 0.318. The Morgan fingerprint density at radius 1 is 0.963 bits per heavy atom. The van der Waals surface area contributed by atoms with Gasteiger partial charge in [-0.25, -0.2) is 0 Å². The van der Waals surface area contributed by atoms with E-state index in [1.54, 1.807) is 31.2 Å². The Balaban J connectivity index is 1.82. The fourth-order valence-corrected chi connectivity index (χ4v) is 2.64. The molecule has 27 heavy (non-hydrogen) atoms. The van der Waals surface area contributed by atoms with Crippen LogP contribution in [0.2, 0.25) is 0 Å². The molecule has 0 aliphatic carbocycles. The van der Waals surface area contributed by atoms with Crippen LogP contribution < -0.4 is 5.32 Å². The van der Waals surface area contributed by atoms with Crippen LogP contribution in [-0.4, -0.2) is 30.3 Å². The van der Waals surface area contributed by atoms with Crippen LogP contribution in [0, 0.1) is 20.8 Å². The lowest BCUT2D eigenvalue weighted by Crippen LogP contribution is -2.29. The van der Waals surface area contributed by atoms with Crippen molar-refractivity contribution < 1.29 is 19.1 Å². The highest BCUT2D eigenvalue weighted by Gasteiger charge is 2.20. The molecule has 0 saturated carbocycles. The number of amides is 1. The lowest BCUT2D eigenvalue weighted by molar-refractivity contribution is -0.146. The van der Waals surface area contributed by atoms with Crippen molar-refractivity contribution in [3.05, 3.63) is 70.3 Å². The molecular weight excluding hydrogens is 342 g/mol. The third kappa shape index (κ3) is 5.51. The predicted octanol–water partition coefficient (Wildman–Crippen LogP) is 3.55. The van der Waals surface area contributed by atoms with Crippen LogP contribution in [0.4, 0.5) is 0 Å². The van der Waals surface area contributed by atoms with E-state index in [-0.39, 0.29) is 24.7 Å². The number of aryl methyl sites for hydroxylation is 3. The van der Waals surface area contributed by atoms with Gasteiger partial charge in [0, 0.05) is 17.7 Å². The number of esters is 1. The molecule has 5 nitrogen and oxygen atoms in total. The average Bonchev–Trinajstić information content (AvgIpc) is 2.63. The van der Waals surface area contributed by atoms with Gasteiger partial charge < -0.3 is 10.1 Å². The molecule has 1 atom stereocenters. The van der Waals surface area contributed by atoms with E-state index in [1.165, 1.54) is 0 Å². The molecule has 0 radical (unpaired) electrons. The van der Waals surface area contributed by atoms with E-state index < -0.39 is 12.1 Å². The van der Waals surface area contributed by atoms with Crippen molar-refractivity contribution in [1.82, 2.24) is 5.32 Å². The van der Waals surface area contributed by atoms with Gasteiger partial charge in [-0.3, -0.25) is 14.4 Å². The molecule has 0 saturated heterocycles. The summed E-state index contributed by atoms with van der Waals surface area (Å²) in [7, 11) is 0. The van der Waals surface area contributed by atoms with Gasteiger partial charge in [-0.05, 0) is 56.5 Å². The number of nitrogens with one attached hydrogen (secondary N) is 1.